The maximum atomic E-state index is 13.5. The van der Waals surface area contributed by atoms with Crippen LogP contribution in [0.3, 0.4) is 0 Å². The number of ether oxygens (including phenoxy) is 3. The largest absolute Gasteiger partial charge is 0.496 e. The summed E-state index contributed by atoms with van der Waals surface area (Å²) in [5, 5.41) is 8.08. The van der Waals surface area contributed by atoms with Crippen molar-refractivity contribution < 1.29 is 55.6 Å². The number of esters is 2. The number of methoxy groups -OCH3 is 2. The van der Waals surface area contributed by atoms with Crippen molar-refractivity contribution in [3.63, 3.8) is 0 Å². The minimum Gasteiger partial charge on any atom is -0.496 e. The summed E-state index contributed by atoms with van der Waals surface area (Å²) in [4.78, 5) is 63.3. The fraction of sp³-hybridized carbons (Fsp3) is 0.273. The van der Waals surface area contributed by atoms with Gasteiger partial charge in [0.2, 0.25) is 23.5 Å². The van der Waals surface area contributed by atoms with Gasteiger partial charge in [0.25, 0.3) is 11.8 Å². The third kappa shape index (κ3) is 8.48. The van der Waals surface area contributed by atoms with Crippen LogP contribution in [0.25, 0.3) is 45.7 Å². The van der Waals surface area contributed by atoms with Gasteiger partial charge in [-0.1, -0.05) is 10.3 Å². The quantitative estimate of drug-likeness (QED) is 0.0870. The molecule has 0 atom stereocenters. The molecule has 0 saturated carbocycles. The molecule has 8 rings (SSSR count). The fourth-order valence-electron chi connectivity index (χ4n) is 7.51. The van der Waals surface area contributed by atoms with Crippen LogP contribution in [0.5, 0.6) is 11.5 Å². The summed E-state index contributed by atoms with van der Waals surface area (Å²) in [5.74, 6) is -1.23. The molecule has 15 nitrogen and oxygen atoms in total. The highest BCUT2D eigenvalue weighted by molar-refractivity contribution is 5.99. The number of halogens is 3. The lowest BCUT2D eigenvalue weighted by Gasteiger charge is -2.17. The predicted octanol–water partition coefficient (Wildman–Crippen LogP) is 7.57. The summed E-state index contributed by atoms with van der Waals surface area (Å²) in [6, 6.07) is 19.6. The smallest absolute Gasteiger partial charge is 0.419 e. The number of hydrogen-bond donors (Lipinski definition) is 0. The summed E-state index contributed by atoms with van der Waals surface area (Å²) in [6.45, 7) is 2.67. The Kier molecular flexibility index (Phi) is 11.3. The topological polar surface area (TPSA) is 180 Å². The van der Waals surface area contributed by atoms with Crippen LogP contribution >= 0.6 is 0 Å². The molecule has 318 valence electrons. The van der Waals surface area contributed by atoms with Crippen LogP contribution in [0.1, 0.15) is 47.9 Å². The minimum atomic E-state index is -4.66. The first-order valence-corrected chi connectivity index (χ1v) is 19.5. The lowest BCUT2D eigenvalue weighted by Crippen LogP contribution is -2.30. The first-order valence-electron chi connectivity index (χ1n) is 19.5. The third-order valence-corrected chi connectivity index (χ3v) is 10.6. The predicted molar refractivity (Wildman–Crippen MR) is 215 cm³/mol. The maximum Gasteiger partial charge on any atom is 0.419 e. The van der Waals surface area contributed by atoms with Crippen molar-refractivity contribution in [3.05, 3.63) is 95.1 Å². The van der Waals surface area contributed by atoms with E-state index in [-0.39, 0.29) is 60.5 Å². The van der Waals surface area contributed by atoms with Crippen LogP contribution in [0.15, 0.2) is 81.8 Å². The molecule has 0 N–H and O–H groups in total. The fourth-order valence-corrected chi connectivity index (χ4v) is 7.51. The number of nitrogens with zero attached hydrogens (tertiary/aromatic N) is 6. The van der Waals surface area contributed by atoms with E-state index in [0.29, 0.717) is 54.6 Å². The van der Waals surface area contributed by atoms with Gasteiger partial charge in [-0.3, -0.25) is 19.2 Å². The summed E-state index contributed by atoms with van der Waals surface area (Å²) < 4.78 is 66.5. The Hall–Kier alpha value is -7.37. The van der Waals surface area contributed by atoms with Gasteiger partial charge < -0.3 is 33.1 Å². The van der Waals surface area contributed by atoms with Crippen molar-refractivity contribution in [1.82, 2.24) is 20.3 Å². The first-order chi connectivity index (χ1) is 29.8. The number of benzene rings is 4. The number of hydrogen-bond acceptors (Lipinski definition) is 13. The molecule has 0 radical (unpaired) electrons. The molecule has 0 aliphatic carbocycles. The zero-order valence-corrected chi connectivity index (χ0v) is 33.6. The monoisotopic (exact) mass is 850 g/mol. The number of aromatic nitrogens is 4. The number of fused-ring (bicyclic) bond motifs is 2. The van der Waals surface area contributed by atoms with Gasteiger partial charge in [-0.05, 0) is 109 Å². The SMILES string of the molecule is COc1ccc(-c2nc(-c3ccc4c(c3)CCN4C(=O)CCC(=O)OC(=O)CCC(=O)N3CCc4cc(-c5noc(-c6ccc(OC)c(C(F)(F)F)c6)n5)ccc43)no2)cc1C. The molecular weight excluding hydrogens is 814 g/mol. The van der Waals surface area contributed by atoms with Gasteiger partial charge in [-0.15, -0.1) is 0 Å². The van der Waals surface area contributed by atoms with Gasteiger partial charge in [-0.25, -0.2) is 0 Å². The molecule has 2 amide bonds. The Morgan fingerprint density at radius 2 is 1.10 bits per heavy atom. The summed E-state index contributed by atoms with van der Waals surface area (Å²) in [5.41, 5.74) is 5.02. The van der Waals surface area contributed by atoms with E-state index in [1.165, 1.54) is 17.0 Å². The number of carbonyl (C=O) groups excluding carboxylic acids is 4. The molecule has 0 saturated heterocycles. The minimum absolute atomic E-state index is 0.0609. The van der Waals surface area contributed by atoms with E-state index in [0.717, 1.165) is 46.7 Å². The molecule has 62 heavy (non-hydrogen) atoms. The van der Waals surface area contributed by atoms with E-state index in [4.69, 9.17) is 23.3 Å². The number of amides is 2. The van der Waals surface area contributed by atoms with E-state index in [9.17, 15) is 32.3 Å². The summed E-state index contributed by atoms with van der Waals surface area (Å²) >= 11 is 0. The van der Waals surface area contributed by atoms with Crippen LogP contribution < -0.4 is 19.3 Å². The molecule has 4 aromatic carbocycles. The van der Waals surface area contributed by atoms with Crippen molar-refractivity contribution in [2.45, 2.75) is 51.6 Å². The second-order valence-corrected chi connectivity index (χ2v) is 14.6. The van der Waals surface area contributed by atoms with Crippen LogP contribution in [-0.4, -0.2) is 71.3 Å². The van der Waals surface area contributed by atoms with Crippen molar-refractivity contribution >= 4 is 35.1 Å². The summed E-state index contributed by atoms with van der Waals surface area (Å²) in [6.07, 6.45) is -4.66. The Labute approximate surface area is 351 Å². The molecule has 2 aromatic heterocycles. The van der Waals surface area contributed by atoms with Crippen molar-refractivity contribution in [2.75, 3.05) is 37.1 Å². The highest BCUT2D eigenvalue weighted by Crippen LogP contribution is 2.39. The van der Waals surface area contributed by atoms with Crippen LogP contribution in [0.4, 0.5) is 24.5 Å². The highest BCUT2D eigenvalue weighted by atomic mass is 19.4. The van der Waals surface area contributed by atoms with Gasteiger partial charge in [0.15, 0.2) is 0 Å². The Balaban J connectivity index is 0.803. The lowest BCUT2D eigenvalue weighted by molar-refractivity contribution is -0.160. The Bertz CT molecular complexity index is 2730. The van der Waals surface area contributed by atoms with E-state index >= 15 is 0 Å². The standard InChI is InChI=1S/C44H37F3N6O9/c1-24-20-29(6-10-34(24)58-2)42-48-40(50-61-42)27-4-8-32-25(21-27)16-18-52(32)36(54)12-14-38(56)60-39(57)15-13-37(55)53-19-17-26-22-28(5-9-33(26)53)41-49-43(62-51-41)30-7-11-35(59-3)31(23-30)44(45,46)47/h4-11,20-23H,12-19H2,1-3H3. The van der Waals surface area contributed by atoms with Gasteiger partial charge in [0, 0.05) is 59.6 Å². The molecule has 2 aliphatic heterocycles. The van der Waals surface area contributed by atoms with Gasteiger partial charge >= 0.3 is 18.1 Å². The first kappa shape index (κ1) is 41.4. The molecule has 2 aliphatic rings. The van der Waals surface area contributed by atoms with Crippen molar-refractivity contribution in [3.8, 4) is 57.2 Å². The highest BCUT2D eigenvalue weighted by Gasteiger charge is 2.35. The Morgan fingerprint density at radius 3 is 1.56 bits per heavy atom. The number of anilines is 2. The molecule has 18 heteroatoms. The molecule has 6 aromatic rings. The Morgan fingerprint density at radius 1 is 0.629 bits per heavy atom. The van der Waals surface area contributed by atoms with Crippen LogP contribution in [-0.2, 0) is 42.9 Å². The molecular formula is C44H37F3N6O9. The zero-order chi connectivity index (χ0) is 43.7. The second kappa shape index (κ2) is 16.9. The average molecular weight is 851 g/mol. The number of rotatable bonds is 12. The lowest BCUT2D eigenvalue weighted by atomic mass is 10.1. The van der Waals surface area contributed by atoms with Crippen LogP contribution in [0, 0.1) is 6.92 Å². The van der Waals surface area contributed by atoms with Crippen molar-refractivity contribution in [1.29, 1.82) is 0 Å². The summed E-state index contributed by atoms with van der Waals surface area (Å²) in [7, 11) is 2.75. The van der Waals surface area contributed by atoms with Gasteiger partial charge in [-0.2, -0.15) is 23.1 Å². The molecule has 0 bridgehead atoms. The van der Waals surface area contributed by atoms with E-state index in [1.807, 2.05) is 31.2 Å². The average Bonchev–Trinajstić information content (AvgIpc) is 4.10. The zero-order valence-electron chi connectivity index (χ0n) is 33.6. The number of carbonyl (C=O) groups is 4. The molecule has 0 unspecified atom stereocenters. The molecule has 0 fully saturated rings. The van der Waals surface area contributed by atoms with Gasteiger partial charge in [0.05, 0.1) is 32.6 Å². The maximum absolute atomic E-state index is 13.5. The third-order valence-electron chi connectivity index (χ3n) is 10.6. The molecule has 0 spiro atoms. The molecule has 4 heterocycles. The van der Waals surface area contributed by atoms with Crippen LogP contribution in [0.2, 0.25) is 0 Å². The van der Waals surface area contributed by atoms with Gasteiger partial charge in [0.1, 0.15) is 11.5 Å². The number of aryl methyl sites for hydroxylation is 1. The van der Waals surface area contributed by atoms with E-state index in [1.54, 1.807) is 42.3 Å². The second-order valence-electron chi connectivity index (χ2n) is 14.6. The van der Waals surface area contributed by atoms with E-state index < -0.39 is 23.7 Å². The van der Waals surface area contributed by atoms with Crippen molar-refractivity contribution in [2.24, 2.45) is 0 Å². The number of alkyl halides is 3. The normalized spacial score (nSPS) is 13.2. The van der Waals surface area contributed by atoms with E-state index in [2.05, 4.69) is 20.3 Å².